The van der Waals surface area contributed by atoms with Gasteiger partial charge in [0.05, 0.1) is 0 Å². The van der Waals surface area contributed by atoms with E-state index < -0.39 is 6.03 Å². The maximum Gasteiger partial charge on any atom is 0.329 e. The first-order valence-electron chi connectivity index (χ1n) is 4.50. The molecule has 1 aliphatic rings. The lowest BCUT2D eigenvalue weighted by atomic mass is 10.3. The van der Waals surface area contributed by atoms with Crippen molar-refractivity contribution < 1.29 is 9.59 Å². The number of rotatable bonds is 1. The van der Waals surface area contributed by atoms with Gasteiger partial charge in [0.1, 0.15) is 5.82 Å². The second kappa shape index (κ2) is 3.56. The summed E-state index contributed by atoms with van der Waals surface area (Å²) < 4.78 is 0. The average Bonchev–Trinajstić information content (AvgIpc) is 2.17. The number of nitrogens with zero attached hydrogens (tertiary/aromatic N) is 2. The standard InChI is InChI=1S/C9H10N4O2/c10-6-1-3-11-7(5-6)13-4-2-8(14)12-9(13)15/h1,3,5H,2,4H2,(H2,10,11)(H,12,14,15). The molecule has 2 heterocycles. The van der Waals surface area contributed by atoms with E-state index in [9.17, 15) is 9.59 Å². The number of hydrogen-bond donors (Lipinski definition) is 2. The summed E-state index contributed by atoms with van der Waals surface area (Å²) in [5.74, 6) is 0.195. The molecule has 78 valence electrons. The number of nitrogen functional groups attached to an aromatic ring is 1. The minimum absolute atomic E-state index is 0.264. The van der Waals surface area contributed by atoms with E-state index in [0.29, 0.717) is 18.1 Å². The average molecular weight is 206 g/mol. The van der Waals surface area contributed by atoms with Crippen LogP contribution in [0.3, 0.4) is 0 Å². The highest BCUT2D eigenvalue weighted by molar-refractivity contribution is 6.05. The molecule has 1 aromatic rings. The third-order valence-corrected chi connectivity index (χ3v) is 2.10. The second-order valence-corrected chi connectivity index (χ2v) is 3.20. The van der Waals surface area contributed by atoms with E-state index in [1.165, 1.54) is 11.1 Å². The van der Waals surface area contributed by atoms with Crippen LogP contribution >= 0.6 is 0 Å². The van der Waals surface area contributed by atoms with Gasteiger partial charge in [-0.15, -0.1) is 0 Å². The zero-order valence-corrected chi connectivity index (χ0v) is 7.93. The van der Waals surface area contributed by atoms with Crippen LogP contribution in [-0.4, -0.2) is 23.5 Å². The van der Waals surface area contributed by atoms with Crippen LogP contribution in [0.1, 0.15) is 6.42 Å². The molecule has 3 amide bonds. The molecule has 3 N–H and O–H groups in total. The molecule has 0 bridgehead atoms. The summed E-state index contributed by atoms with van der Waals surface area (Å²) >= 11 is 0. The molecule has 6 heteroatoms. The molecule has 0 aromatic carbocycles. The first-order valence-corrected chi connectivity index (χ1v) is 4.50. The zero-order chi connectivity index (χ0) is 10.8. The Labute approximate surface area is 86.1 Å². The van der Waals surface area contributed by atoms with Crippen molar-refractivity contribution in [3.63, 3.8) is 0 Å². The topological polar surface area (TPSA) is 88.3 Å². The third-order valence-electron chi connectivity index (χ3n) is 2.10. The minimum atomic E-state index is -0.454. The van der Waals surface area contributed by atoms with Gasteiger partial charge in [-0.2, -0.15) is 0 Å². The van der Waals surface area contributed by atoms with Gasteiger partial charge in [-0.3, -0.25) is 15.0 Å². The van der Waals surface area contributed by atoms with Crippen molar-refractivity contribution in [2.24, 2.45) is 0 Å². The van der Waals surface area contributed by atoms with Gasteiger partial charge in [-0.05, 0) is 6.07 Å². The predicted molar refractivity (Wildman–Crippen MR) is 54.2 cm³/mol. The Kier molecular flexibility index (Phi) is 2.24. The monoisotopic (exact) mass is 206 g/mol. The Morgan fingerprint density at radius 1 is 1.47 bits per heavy atom. The van der Waals surface area contributed by atoms with E-state index >= 15 is 0 Å². The lowest BCUT2D eigenvalue weighted by molar-refractivity contribution is -0.120. The normalized spacial score (nSPS) is 16.4. The number of nitrogens with two attached hydrogens (primary N) is 1. The lowest BCUT2D eigenvalue weighted by Crippen LogP contribution is -2.49. The number of aromatic nitrogens is 1. The molecule has 0 saturated carbocycles. The molecular weight excluding hydrogens is 196 g/mol. The highest BCUT2D eigenvalue weighted by Crippen LogP contribution is 2.16. The van der Waals surface area contributed by atoms with Crippen LogP contribution < -0.4 is 16.0 Å². The smallest absolute Gasteiger partial charge is 0.329 e. The maximum absolute atomic E-state index is 11.4. The van der Waals surface area contributed by atoms with Crippen LogP contribution in [0.15, 0.2) is 18.3 Å². The van der Waals surface area contributed by atoms with Crippen LogP contribution in [-0.2, 0) is 4.79 Å². The SMILES string of the molecule is Nc1ccnc(N2CCC(=O)NC2=O)c1. The summed E-state index contributed by atoms with van der Waals surface area (Å²) in [5, 5.41) is 2.21. The van der Waals surface area contributed by atoms with Crippen LogP contribution in [0.4, 0.5) is 16.3 Å². The Morgan fingerprint density at radius 3 is 2.93 bits per heavy atom. The first-order chi connectivity index (χ1) is 7.16. The molecule has 1 saturated heterocycles. The van der Waals surface area contributed by atoms with Crippen LogP contribution in [0.5, 0.6) is 0 Å². The van der Waals surface area contributed by atoms with Crippen LogP contribution in [0, 0.1) is 0 Å². The summed E-state index contributed by atoms with van der Waals surface area (Å²) in [7, 11) is 0. The summed E-state index contributed by atoms with van der Waals surface area (Å²) in [6, 6.07) is 2.77. The van der Waals surface area contributed by atoms with Crippen molar-refractivity contribution in [3.05, 3.63) is 18.3 Å². The number of pyridine rings is 1. The second-order valence-electron chi connectivity index (χ2n) is 3.20. The van der Waals surface area contributed by atoms with E-state index in [1.54, 1.807) is 12.1 Å². The molecule has 2 rings (SSSR count). The molecule has 1 aliphatic heterocycles. The maximum atomic E-state index is 11.4. The van der Waals surface area contributed by atoms with E-state index in [2.05, 4.69) is 10.3 Å². The van der Waals surface area contributed by atoms with E-state index in [1.807, 2.05) is 0 Å². The summed E-state index contributed by atoms with van der Waals surface area (Å²) in [5.41, 5.74) is 6.10. The van der Waals surface area contributed by atoms with Crippen LogP contribution in [0.25, 0.3) is 0 Å². The van der Waals surface area contributed by atoms with Crippen molar-refractivity contribution in [3.8, 4) is 0 Å². The van der Waals surface area contributed by atoms with Gasteiger partial charge >= 0.3 is 6.03 Å². The Morgan fingerprint density at radius 2 is 2.27 bits per heavy atom. The minimum Gasteiger partial charge on any atom is -0.399 e. The van der Waals surface area contributed by atoms with Gasteiger partial charge in [-0.1, -0.05) is 0 Å². The molecule has 0 atom stereocenters. The van der Waals surface area contributed by atoms with Crippen molar-refractivity contribution in [2.45, 2.75) is 6.42 Å². The molecule has 0 aliphatic carbocycles. The Bertz CT molecular complexity index is 418. The molecule has 0 radical (unpaired) electrons. The predicted octanol–water partition coefficient (Wildman–Crippen LogP) is 0.110. The number of urea groups is 1. The first kappa shape index (κ1) is 9.45. The number of hydrogen-bond acceptors (Lipinski definition) is 4. The fraction of sp³-hybridized carbons (Fsp3) is 0.222. The van der Waals surface area contributed by atoms with Crippen molar-refractivity contribution in [1.29, 1.82) is 0 Å². The highest BCUT2D eigenvalue weighted by atomic mass is 16.2. The number of anilines is 2. The fourth-order valence-electron chi connectivity index (χ4n) is 1.36. The van der Waals surface area contributed by atoms with Crippen molar-refractivity contribution in [1.82, 2.24) is 10.3 Å². The number of carbonyl (C=O) groups is 2. The van der Waals surface area contributed by atoms with Crippen molar-refractivity contribution >= 4 is 23.4 Å². The highest BCUT2D eigenvalue weighted by Gasteiger charge is 2.24. The van der Waals surface area contributed by atoms with E-state index in [-0.39, 0.29) is 12.3 Å². The lowest BCUT2D eigenvalue weighted by Gasteiger charge is -2.25. The molecule has 0 spiro atoms. The third kappa shape index (κ3) is 1.88. The van der Waals surface area contributed by atoms with E-state index in [4.69, 9.17) is 5.73 Å². The molecule has 0 unspecified atom stereocenters. The summed E-state index contributed by atoms with van der Waals surface area (Å²) in [6.07, 6.45) is 1.80. The van der Waals surface area contributed by atoms with Crippen molar-refractivity contribution in [2.75, 3.05) is 17.2 Å². The summed E-state index contributed by atoms with van der Waals surface area (Å²) in [4.78, 5) is 27.7. The largest absolute Gasteiger partial charge is 0.399 e. The summed E-state index contributed by atoms with van der Waals surface area (Å²) in [6.45, 7) is 0.334. The van der Waals surface area contributed by atoms with Crippen LogP contribution in [0.2, 0.25) is 0 Å². The molecule has 1 fully saturated rings. The molecule has 15 heavy (non-hydrogen) atoms. The molecular formula is C9H10N4O2. The van der Waals surface area contributed by atoms with Gasteiger partial charge in [-0.25, -0.2) is 9.78 Å². The van der Waals surface area contributed by atoms with Gasteiger partial charge in [0.2, 0.25) is 5.91 Å². The Hall–Kier alpha value is -2.11. The van der Waals surface area contributed by atoms with Gasteiger partial charge in [0, 0.05) is 30.9 Å². The van der Waals surface area contributed by atoms with E-state index in [0.717, 1.165) is 0 Å². The van der Waals surface area contributed by atoms with Gasteiger partial charge in [0.25, 0.3) is 0 Å². The van der Waals surface area contributed by atoms with Gasteiger partial charge < -0.3 is 5.73 Å². The van der Waals surface area contributed by atoms with Gasteiger partial charge in [0.15, 0.2) is 0 Å². The number of nitrogens with one attached hydrogen (secondary N) is 1. The number of amides is 3. The molecule has 6 nitrogen and oxygen atoms in total. The molecule has 1 aromatic heterocycles. The Balaban J connectivity index is 2.24. The quantitative estimate of drug-likeness (QED) is 0.682. The fourth-order valence-corrected chi connectivity index (χ4v) is 1.36. The number of carbonyl (C=O) groups excluding carboxylic acids is 2. The zero-order valence-electron chi connectivity index (χ0n) is 7.93. The number of imide groups is 1.